The summed E-state index contributed by atoms with van der Waals surface area (Å²) in [4.78, 5) is 0.301. The van der Waals surface area contributed by atoms with Gasteiger partial charge in [-0.3, -0.25) is 0 Å². The predicted molar refractivity (Wildman–Crippen MR) is 102 cm³/mol. The number of sulfonamides is 1. The fourth-order valence-corrected chi connectivity index (χ4v) is 5.79. The molecule has 1 saturated heterocycles. The van der Waals surface area contributed by atoms with Crippen LogP contribution in [0.2, 0.25) is 0 Å². The van der Waals surface area contributed by atoms with Crippen molar-refractivity contribution in [2.24, 2.45) is 0 Å². The van der Waals surface area contributed by atoms with E-state index in [1.54, 1.807) is 48.5 Å². The minimum absolute atomic E-state index is 0.0322. The van der Waals surface area contributed by atoms with E-state index in [0.717, 1.165) is 17.8 Å². The van der Waals surface area contributed by atoms with Crippen LogP contribution in [0.25, 0.3) is 10.6 Å². The first-order chi connectivity index (χ1) is 13.1. The number of benzene rings is 2. The van der Waals surface area contributed by atoms with Gasteiger partial charge < -0.3 is 0 Å². The SMILES string of the molecule is O=S(=O)(c1ccccc1)N1CCCC(c2nnc(-c3ccccc3F)s2)C1. The highest BCUT2D eigenvalue weighted by Crippen LogP contribution is 2.34. The van der Waals surface area contributed by atoms with Crippen LogP contribution in [0, 0.1) is 5.82 Å². The summed E-state index contributed by atoms with van der Waals surface area (Å²) in [7, 11) is -3.53. The topological polar surface area (TPSA) is 63.2 Å². The Hall–Kier alpha value is -2.16. The molecule has 0 spiro atoms. The van der Waals surface area contributed by atoms with Crippen molar-refractivity contribution in [3.05, 3.63) is 65.4 Å². The summed E-state index contributed by atoms with van der Waals surface area (Å²) in [5.41, 5.74) is 0.422. The summed E-state index contributed by atoms with van der Waals surface area (Å²) in [6, 6.07) is 14.9. The molecule has 2 heterocycles. The number of halogens is 1. The van der Waals surface area contributed by atoms with E-state index in [-0.39, 0.29) is 11.7 Å². The molecule has 1 aliphatic heterocycles. The molecule has 5 nitrogen and oxygen atoms in total. The van der Waals surface area contributed by atoms with Gasteiger partial charge in [0.05, 0.1) is 4.90 Å². The van der Waals surface area contributed by atoms with Crippen LogP contribution in [0.15, 0.2) is 59.5 Å². The third-order valence-electron chi connectivity index (χ3n) is 4.66. The molecule has 2 aromatic carbocycles. The highest BCUT2D eigenvalue weighted by atomic mass is 32.2. The van der Waals surface area contributed by atoms with Gasteiger partial charge in [0, 0.05) is 24.6 Å². The van der Waals surface area contributed by atoms with E-state index >= 15 is 0 Å². The summed E-state index contributed by atoms with van der Waals surface area (Å²) >= 11 is 1.33. The van der Waals surface area contributed by atoms with Crippen molar-refractivity contribution in [2.75, 3.05) is 13.1 Å². The van der Waals surface area contributed by atoms with Crippen molar-refractivity contribution in [3.8, 4) is 10.6 Å². The highest BCUT2D eigenvalue weighted by Gasteiger charge is 2.32. The number of hydrogen-bond acceptors (Lipinski definition) is 5. The lowest BCUT2D eigenvalue weighted by molar-refractivity contribution is 0.314. The Morgan fingerprint density at radius 2 is 1.78 bits per heavy atom. The molecule has 0 saturated carbocycles. The Bertz CT molecular complexity index is 1040. The lowest BCUT2D eigenvalue weighted by atomic mass is 10.0. The molecule has 0 radical (unpaired) electrons. The van der Waals surface area contributed by atoms with Crippen molar-refractivity contribution in [1.82, 2.24) is 14.5 Å². The summed E-state index contributed by atoms with van der Waals surface area (Å²) in [5.74, 6) is -0.368. The molecule has 1 atom stereocenters. The lowest BCUT2D eigenvalue weighted by Gasteiger charge is -2.30. The van der Waals surface area contributed by atoms with Crippen molar-refractivity contribution in [2.45, 2.75) is 23.7 Å². The molecule has 0 amide bonds. The van der Waals surface area contributed by atoms with E-state index in [2.05, 4.69) is 10.2 Å². The second-order valence-corrected chi connectivity index (χ2v) is 9.39. The van der Waals surface area contributed by atoms with Crippen molar-refractivity contribution < 1.29 is 12.8 Å². The Labute approximate surface area is 161 Å². The molecule has 3 aromatic rings. The maximum absolute atomic E-state index is 14.0. The number of hydrogen-bond donors (Lipinski definition) is 0. The predicted octanol–water partition coefficient (Wildman–Crippen LogP) is 3.91. The largest absolute Gasteiger partial charge is 0.243 e. The summed E-state index contributed by atoms with van der Waals surface area (Å²) in [5, 5.41) is 9.63. The zero-order valence-electron chi connectivity index (χ0n) is 14.5. The molecular weight excluding hydrogens is 385 g/mol. The average Bonchev–Trinajstić information content (AvgIpc) is 3.19. The molecule has 4 rings (SSSR count). The van der Waals surface area contributed by atoms with E-state index in [9.17, 15) is 12.8 Å². The first kappa shape index (κ1) is 18.2. The summed E-state index contributed by atoms with van der Waals surface area (Å²) in [6.07, 6.45) is 1.60. The Morgan fingerprint density at radius 1 is 1.04 bits per heavy atom. The van der Waals surface area contributed by atoms with E-state index < -0.39 is 10.0 Å². The minimum Gasteiger partial charge on any atom is -0.207 e. The first-order valence-corrected chi connectivity index (χ1v) is 10.9. The van der Waals surface area contributed by atoms with Crippen LogP contribution < -0.4 is 0 Å². The van der Waals surface area contributed by atoms with Crippen LogP contribution in [-0.4, -0.2) is 36.0 Å². The zero-order valence-corrected chi connectivity index (χ0v) is 16.1. The van der Waals surface area contributed by atoms with Crippen molar-refractivity contribution in [1.29, 1.82) is 0 Å². The van der Waals surface area contributed by atoms with Crippen molar-refractivity contribution >= 4 is 21.4 Å². The number of piperidine rings is 1. The molecule has 1 unspecified atom stereocenters. The third-order valence-corrected chi connectivity index (χ3v) is 7.66. The molecule has 1 fully saturated rings. The standard InChI is InChI=1S/C19H18FN3O2S2/c20-17-11-5-4-10-16(17)19-22-21-18(26-19)14-7-6-12-23(13-14)27(24,25)15-8-2-1-3-9-15/h1-5,8-11,14H,6-7,12-13H2. The van der Waals surface area contributed by atoms with Crippen LogP contribution in [0.4, 0.5) is 4.39 Å². The molecular formula is C19H18FN3O2S2. The van der Waals surface area contributed by atoms with Gasteiger partial charge >= 0.3 is 0 Å². The molecule has 8 heteroatoms. The third kappa shape index (κ3) is 3.65. The molecule has 140 valence electrons. The summed E-state index contributed by atoms with van der Waals surface area (Å²) in [6.45, 7) is 0.857. The van der Waals surface area contributed by atoms with Gasteiger partial charge in [-0.1, -0.05) is 41.7 Å². The fraction of sp³-hybridized carbons (Fsp3) is 0.263. The fourth-order valence-electron chi connectivity index (χ4n) is 3.25. The van der Waals surface area contributed by atoms with Gasteiger partial charge in [0.25, 0.3) is 0 Å². The maximum Gasteiger partial charge on any atom is 0.243 e. The Kier molecular flexibility index (Phi) is 5.03. The highest BCUT2D eigenvalue weighted by molar-refractivity contribution is 7.89. The molecule has 0 aliphatic carbocycles. The minimum atomic E-state index is -3.53. The Morgan fingerprint density at radius 3 is 2.56 bits per heavy atom. The lowest BCUT2D eigenvalue weighted by Crippen LogP contribution is -2.39. The van der Waals surface area contributed by atoms with Crippen LogP contribution in [0.3, 0.4) is 0 Å². The number of nitrogens with zero attached hydrogens (tertiary/aromatic N) is 3. The number of rotatable bonds is 4. The quantitative estimate of drug-likeness (QED) is 0.663. The molecule has 27 heavy (non-hydrogen) atoms. The van der Waals surface area contributed by atoms with Gasteiger partial charge in [-0.2, -0.15) is 4.31 Å². The van der Waals surface area contributed by atoms with Gasteiger partial charge in [0.15, 0.2) is 5.01 Å². The Balaban J connectivity index is 1.57. The van der Waals surface area contributed by atoms with Gasteiger partial charge in [-0.15, -0.1) is 10.2 Å². The van der Waals surface area contributed by atoms with Gasteiger partial charge in [0.1, 0.15) is 10.8 Å². The average molecular weight is 404 g/mol. The van der Waals surface area contributed by atoms with Gasteiger partial charge in [-0.05, 0) is 37.1 Å². The smallest absolute Gasteiger partial charge is 0.207 e. The molecule has 1 aliphatic rings. The van der Waals surface area contributed by atoms with E-state index in [1.165, 1.54) is 21.7 Å². The number of aromatic nitrogens is 2. The van der Waals surface area contributed by atoms with Crippen molar-refractivity contribution in [3.63, 3.8) is 0 Å². The monoisotopic (exact) mass is 403 g/mol. The van der Waals surface area contributed by atoms with Crippen LogP contribution in [-0.2, 0) is 10.0 Å². The van der Waals surface area contributed by atoms with Gasteiger partial charge in [-0.25, -0.2) is 12.8 Å². The first-order valence-electron chi connectivity index (χ1n) is 8.69. The van der Waals surface area contributed by atoms with Crippen LogP contribution in [0.5, 0.6) is 0 Å². The zero-order chi connectivity index (χ0) is 18.9. The van der Waals surface area contributed by atoms with Gasteiger partial charge in [0.2, 0.25) is 10.0 Å². The second kappa shape index (κ2) is 7.46. The van der Waals surface area contributed by atoms with E-state index in [4.69, 9.17) is 0 Å². The second-order valence-electron chi connectivity index (χ2n) is 6.44. The molecule has 0 N–H and O–H groups in total. The normalized spacial score (nSPS) is 18.5. The van der Waals surface area contributed by atoms with Crippen LogP contribution >= 0.6 is 11.3 Å². The maximum atomic E-state index is 14.0. The van der Waals surface area contributed by atoms with Crippen LogP contribution in [0.1, 0.15) is 23.8 Å². The summed E-state index contributed by atoms with van der Waals surface area (Å²) < 4.78 is 41.3. The van der Waals surface area contributed by atoms with E-state index in [1.807, 2.05) is 0 Å². The van der Waals surface area contributed by atoms with E-state index in [0.29, 0.717) is 28.6 Å². The molecule has 0 bridgehead atoms. The molecule has 1 aromatic heterocycles.